The van der Waals surface area contributed by atoms with E-state index in [1.807, 2.05) is 42.5 Å². The fourth-order valence-electron chi connectivity index (χ4n) is 2.97. The highest BCUT2D eigenvalue weighted by Crippen LogP contribution is 2.17. The Morgan fingerprint density at radius 3 is 2.71 bits per heavy atom. The van der Waals surface area contributed by atoms with Crippen molar-refractivity contribution in [2.24, 2.45) is 0 Å². The zero-order chi connectivity index (χ0) is 16.8. The van der Waals surface area contributed by atoms with Crippen molar-refractivity contribution in [2.75, 3.05) is 31.6 Å². The molecule has 0 radical (unpaired) electrons. The second kappa shape index (κ2) is 8.08. The van der Waals surface area contributed by atoms with E-state index >= 15 is 0 Å². The van der Waals surface area contributed by atoms with Crippen molar-refractivity contribution in [3.8, 4) is 0 Å². The van der Waals surface area contributed by atoms with E-state index in [-0.39, 0.29) is 5.91 Å². The van der Waals surface area contributed by atoms with Gasteiger partial charge in [0.05, 0.1) is 13.2 Å². The maximum absolute atomic E-state index is 12.6. The van der Waals surface area contributed by atoms with Crippen molar-refractivity contribution in [1.82, 2.24) is 4.90 Å². The summed E-state index contributed by atoms with van der Waals surface area (Å²) in [7, 11) is 0. The Morgan fingerprint density at radius 2 is 1.92 bits per heavy atom. The van der Waals surface area contributed by atoms with E-state index in [9.17, 15) is 4.79 Å². The van der Waals surface area contributed by atoms with Crippen molar-refractivity contribution in [1.29, 1.82) is 0 Å². The van der Waals surface area contributed by atoms with Gasteiger partial charge < -0.3 is 10.1 Å². The topological polar surface area (TPSA) is 41.6 Å². The smallest absolute Gasteiger partial charge is 0.255 e. The monoisotopic (exact) mass is 324 g/mol. The van der Waals surface area contributed by atoms with Crippen LogP contribution in [0, 0.1) is 0 Å². The predicted molar refractivity (Wildman–Crippen MR) is 96.3 cm³/mol. The van der Waals surface area contributed by atoms with Gasteiger partial charge in [-0.05, 0) is 35.7 Å². The summed E-state index contributed by atoms with van der Waals surface area (Å²) >= 11 is 0. The second-order valence-corrected chi connectivity index (χ2v) is 6.05. The van der Waals surface area contributed by atoms with E-state index in [2.05, 4.69) is 23.2 Å². The summed E-state index contributed by atoms with van der Waals surface area (Å²) in [5.41, 5.74) is 3.90. The largest absolute Gasteiger partial charge is 0.379 e. The molecule has 1 fully saturated rings. The van der Waals surface area contributed by atoms with Crippen LogP contribution in [0.3, 0.4) is 0 Å². The third-order valence-electron chi connectivity index (χ3n) is 4.35. The summed E-state index contributed by atoms with van der Waals surface area (Å²) in [6, 6.07) is 15.8. The number of hydrogen-bond acceptors (Lipinski definition) is 3. The molecule has 2 aromatic carbocycles. The molecule has 0 saturated carbocycles. The molecular weight excluding hydrogens is 300 g/mol. The van der Waals surface area contributed by atoms with E-state index < -0.39 is 0 Å². The number of hydrogen-bond donors (Lipinski definition) is 1. The molecule has 1 aliphatic rings. The van der Waals surface area contributed by atoms with Crippen LogP contribution in [-0.4, -0.2) is 37.1 Å². The van der Waals surface area contributed by atoms with Gasteiger partial charge in [0.15, 0.2) is 0 Å². The van der Waals surface area contributed by atoms with Gasteiger partial charge in [-0.25, -0.2) is 0 Å². The number of para-hydroxylation sites is 1. The Labute approximate surface area is 143 Å². The normalized spacial score (nSPS) is 15.2. The van der Waals surface area contributed by atoms with Crippen molar-refractivity contribution in [2.45, 2.75) is 19.9 Å². The highest BCUT2D eigenvalue weighted by atomic mass is 16.5. The zero-order valence-electron chi connectivity index (χ0n) is 14.1. The minimum Gasteiger partial charge on any atom is -0.379 e. The molecule has 0 unspecified atom stereocenters. The maximum Gasteiger partial charge on any atom is 0.255 e. The van der Waals surface area contributed by atoms with E-state index in [1.165, 1.54) is 0 Å². The number of carbonyl (C=O) groups excluding carboxylic acids is 1. The molecule has 1 aliphatic heterocycles. The standard InChI is InChI=1S/C20H24N2O2/c1-2-17-7-3-4-9-19(17)21-20(23)18-8-5-6-16(14-18)15-22-10-12-24-13-11-22/h3-9,14H,2,10-13,15H2,1H3,(H,21,23). The number of anilines is 1. The molecule has 4 heteroatoms. The molecule has 2 aromatic rings. The summed E-state index contributed by atoms with van der Waals surface area (Å²) in [6.45, 7) is 6.41. The Hall–Kier alpha value is -2.17. The fraction of sp³-hybridized carbons (Fsp3) is 0.350. The molecule has 0 aliphatic carbocycles. The van der Waals surface area contributed by atoms with Gasteiger partial charge in [0.25, 0.3) is 5.91 Å². The van der Waals surface area contributed by atoms with Crippen molar-refractivity contribution in [3.05, 3.63) is 65.2 Å². The third kappa shape index (κ3) is 4.22. The Bertz CT molecular complexity index is 694. The number of nitrogens with one attached hydrogen (secondary N) is 1. The molecule has 24 heavy (non-hydrogen) atoms. The van der Waals surface area contributed by atoms with Crippen LogP contribution in [-0.2, 0) is 17.7 Å². The minimum atomic E-state index is -0.0558. The summed E-state index contributed by atoms with van der Waals surface area (Å²) < 4.78 is 5.38. The van der Waals surface area contributed by atoms with Crippen LogP contribution in [0.2, 0.25) is 0 Å². The first-order valence-corrected chi connectivity index (χ1v) is 8.54. The molecule has 3 rings (SSSR count). The van der Waals surface area contributed by atoms with Gasteiger partial charge in [0.2, 0.25) is 0 Å². The average Bonchev–Trinajstić information content (AvgIpc) is 2.63. The lowest BCUT2D eigenvalue weighted by Gasteiger charge is -2.26. The van der Waals surface area contributed by atoms with Crippen LogP contribution in [0.25, 0.3) is 0 Å². The van der Waals surface area contributed by atoms with E-state index in [4.69, 9.17) is 4.74 Å². The minimum absolute atomic E-state index is 0.0558. The first-order chi connectivity index (χ1) is 11.8. The van der Waals surface area contributed by atoms with Gasteiger partial charge in [-0.3, -0.25) is 9.69 Å². The molecule has 126 valence electrons. The second-order valence-electron chi connectivity index (χ2n) is 6.05. The zero-order valence-corrected chi connectivity index (χ0v) is 14.1. The Balaban J connectivity index is 1.69. The third-order valence-corrected chi connectivity index (χ3v) is 4.35. The first-order valence-electron chi connectivity index (χ1n) is 8.54. The molecular formula is C20H24N2O2. The lowest BCUT2D eigenvalue weighted by Crippen LogP contribution is -2.35. The number of carbonyl (C=O) groups is 1. The number of morpholine rings is 1. The molecule has 0 spiro atoms. The van der Waals surface area contributed by atoms with Crippen LogP contribution in [0.4, 0.5) is 5.69 Å². The highest BCUT2D eigenvalue weighted by Gasteiger charge is 2.13. The van der Waals surface area contributed by atoms with Gasteiger partial charge in [0.1, 0.15) is 0 Å². The number of ether oxygens (including phenoxy) is 1. The summed E-state index contributed by atoms with van der Waals surface area (Å²) in [5, 5.41) is 3.04. The summed E-state index contributed by atoms with van der Waals surface area (Å²) in [6.07, 6.45) is 0.896. The molecule has 1 N–H and O–H groups in total. The van der Waals surface area contributed by atoms with E-state index in [0.717, 1.165) is 56.1 Å². The van der Waals surface area contributed by atoms with Crippen molar-refractivity contribution >= 4 is 11.6 Å². The molecule has 0 aromatic heterocycles. The van der Waals surface area contributed by atoms with Crippen molar-refractivity contribution < 1.29 is 9.53 Å². The average molecular weight is 324 g/mol. The van der Waals surface area contributed by atoms with Crippen LogP contribution in [0.15, 0.2) is 48.5 Å². The predicted octanol–water partition coefficient (Wildman–Crippen LogP) is 3.33. The molecule has 0 atom stereocenters. The number of aryl methyl sites for hydroxylation is 1. The molecule has 4 nitrogen and oxygen atoms in total. The molecule has 0 bridgehead atoms. The van der Waals surface area contributed by atoms with Crippen LogP contribution >= 0.6 is 0 Å². The Kier molecular flexibility index (Phi) is 5.62. The van der Waals surface area contributed by atoms with Gasteiger partial charge in [-0.1, -0.05) is 37.3 Å². The fourth-order valence-corrected chi connectivity index (χ4v) is 2.97. The highest BCUT2D eigenvalue weighted by molar-refractivity contribution is 6.04. The molecule has 1 amide bonds. The molecule has 1 heterocycles. The quantitative estimate of drug-likeness (QED) is 0.917. The number of amides is 1. The molecule has 1 saturated heterocycles. The van der Waals surface area contributed by atoms with Crippen molar-refractivity contribution in [3.63, 3.8) is 0 Å². The van der Waals surface area contributed by atoms with Gasteiger partial charge >= 0.3 is 0 Å². The SMILES string of the molecule is CCc1ccccc1NC(=O)c1cccc(CN2CCOCC2)c1. The van der Waals surface area contributed by atoms with Crippen LogP contribution in [0.1, 0.15) is 28.4 Å². The number of nitrogens with zero attached hydrogens (tertiary/aromatic N) is 1. The number of benzene rings is 2. The lowest BCUT2D eigenvalue weighted by molar-refractivity contribution is 0.0342. The van der Waals surface area contributed by atoms with E-state index in [1.54, 1.807) is 0 Å². The van der Waals surface area contributed by atoms with Gasteiger partial charge in [0, 0.05) is 30.9 Å². The van der Waals surface area contributed by atoms with Gasteiger partial charge in [-0.2, -0.15) is 0 Å². The van der Waals surface area contributed by atoms with Crippen LogP contribution < -0.4 is 5.32 Å². The summed E-state index contributed by atoms with van der Waals surface area (Å²) in [5.74, 6) is -0.0558. The lowest BCUT2D eigenvalue weighted by atomic mass is 10.1. The maximum atomic E-state index is 12.6. The number of rotatable bonds is 5. The van der Waals surface area contributed by atoms with E-state index in [0.29, 0.717) is 5.56 Å². The van der Waals surface area contributed by atoms with Gasteiger partial charge in [-0.15, -0.1) is 0 Å². The summed E-state index contributed by atoms with van der Waals surface area (Å²) in [4.78, 5) is 14.9. The Morgan fingerprint density at radius 1 is 1.12 bits per heavy atom. The van der Waals surface area contributed by atoms with Crippen LogP contribution in [0.5, 0.6) is 0 Å². The first kappa shape index (κ1) is 16.7.